The first-order valence-electron chi connectivity index (χ1n) is 6.96. The molecule has 0 bridgehead atoms. The second-order valence-electron chi connectivity index (χ2n) is 5.18. The van der Waals surface area contributed by atoms with E-state index in [9.17, 15) is 26.4 Å². The minimum absolute atomic E-state index is 0.0552. The van der Waals surface area contributed by atoms with Crippen molar-refractivity contribution >= 4 is 21.7 Å². The molecule has 0 unspecified atom stereocenters. The van der Waals surface area contributed by atoms with E-state index in [0.29, 0.717) is 24.3 Å². The fourth-order valence-electron chi connectivity index (χ4n) is 2.12. The van der Waals surface area contributed by atoms with Gasteiger partial charge in [0.25, 0.3) is 0 Å². The first-order valence-corrected chi connectivity index (χ1v) is 8.61. The Hall–Kier alpha value is -1.68. The van der Waals surface area contributed by atoms with Crippen LogP contribution in [0.15, 0.2) is 18.3 Å². The second kappa shape index (κ2) is 6.83. The van der Waals surface area contributed by atoms with Crippen LogP contribution in [0.25, 0.3) is 0 Å². The van der Waals surface area contributed by atoms with Crippen LogP contribution in [0.5, 0.6) is 0 Å². The third-order valence-electron chi connectivity index (χ3n) is 3.31. The van der Waals surface area contributed by atoms with E-state index in [1.165, 1.54) is 17.2 Å². The maximum atomic E-state index is 12.1. The summed E-state index contributed by atoms with van der Waals surface area (Å²) in [7, 11) is -4.03. The number of aromatic nitrogens is 1. The van der Waals surface area contributed by atoms with Gasteiger partial charge in [0, 0.05) is 25.7 Å². The van der Waals surface area contributed by atoms with Crippen molar-refractivity contribution in [2.45, 2.75) is 32.0 Å². The molecule has 1 aromatic heterocycles. The zero-order chi connectivity index (χ0) is 17.1. The van der Waals surface area contributed by atoms with E-state index < -0.39 is 28.4 Å². The molecule has 2 heterocycles. The highest BCUT2D eigenvalue weighted by molar-refractivity contribution is 7.89. The van der Waals surface area contributed by atoms with Gasteiger partial charge in [-0.3, -0.25) is 9.69 Å². The van der Waals surface area contributed by atoms with Gasteiger partial charge in [-0.25, -0.2) is 18.1 Å². The van der Waals surface area contributed by atoms with Crippen LogP contribution >= 0.6 is 0 Å². The van der Waals surface area contributed by atoms with Crippen LogP contribution in [-0.4, -0.2) is 37.8 Å². The monoisotopic (exact) mass is 351 g/mol. The highest BCUT2D eigenvalue weighted by Crippen LogP contribution is 2.21. The van der Waals surface area contributed by atoms with Crippen molar-refractivity contribution in [1.29, 1.82) is 0 Å². The molecule has 1 aromatic rings. The molecule has 2 rings (SSSR count). The van der Waals surface area contributed by atoms with Gasteiger partial charge in [0.15, 0.2) is 0 Å². The summed E-state index contributed by atoms with van der Waals surface area (Å²) in [5.74, 6) is -0.654. The molecule has 0 aromatic carbocycles. The number of carbonyl (C=O) groups is 1. The topological polar surface area (TPSA) is 79.4 Å². The third-order valence-corrected chi connectivity index (χ3v) is 4.64. The van der Waals surface area contributed by atoms with Crippen molar-refractivity contribution in [2.75, 3.05) is 17.2 Å². The van der Waals surface area contributed by atoms with Crippen molar-refractivity contribution in [1.82, 2.24) is 9.71 Å². The average molecular weight is 351 g/mol. The summed E-state index contributed by atoms with van der Waals surface area (Å²) in [6, 6.07) is 3.09. The number of anilines is 1. The SMILES string of the molecule is O=C1CCCN1c1cc(CNS(=O)(=O)CCC(F)(F)F)ccn1. The maximum Gasteiger partial charge on any atom is 0.390 e. The predicted octanol–water partition coefficient (Wildman–Crippen LogP) is 1.58. The van der Waals surface area contributed by atoms with Crippen LogP contribution in [0.2, 0.25) is 0 Å². The van der Waals surface area contributed by atoms with Gasteiger partial charge in [0.2, 0.25) is 15.9 Å². The van der Waals surface area contributed by atoms with Crippen LogP contribution < -0.4 is 9.62 Å². The Morgan fingerprint density at radius 3 is 2.70 bits per heavy atom. The lowest BCUT2D eigenvalue weighted by Gasteiger charge is -2.15. The standard InChI is InChI=1S/C13H16F3N3O3S/c14-13(15,16)4-7-23(21,22)18-9-10-3-5-17-11(8-10)19-6-1-2-12(19)20/h3,5,8,18H,1-2,4,6-7,9H2. The Labute approximate surface area is 131 Å². The van der Waals surface area contributed by atoms with Gasteiger partial charge in [0.1, 0.15) is 5.82 Å². The lowest BCUT2D eigenvalue weighted by molar-refractivity contribution is -0.130. The number of hydrogen-bond donors (Lipinski definition) is 1. The first-order chi connectivity index (χ1) is 10.7. The quantitative estimate of drug-likeness (QED) is 0.844. The van der Waals surface area contributed by atoms with Crippen LogP contribution in [0.1, 0.15) is 24.8 Å². The second-order valence-corrected chi connectivity index (χ2v) is 7.10. The first kappa shape index (κ1) is 17.7. The number of pyridine rings is 1. The van der Waals surface area contributed by atoms with Gasteiger partial charge in [-0.15, -0.1) is 0 Å². The van der Waals surface area contributed by atoms with Gasteiger partial charge in [0.05, 0.1) is 12.2 Å². The summed E-state index contributed by atoms with van der Waals surface area (Å²) in [4.78, 5) is 17.2. The zero-order valence-electron chi connectivity index (χ0n) is 12.1. The van der Waals surface area contributed by atoms with E-state index in [4.69, 9.17) is 0 Å². The van der Waals surface area contributed by atoms with Gasteiger partial charge >= 0.3 is 6.18 Å². The molecule has 1 N–H and O–H groups in total. The van der Waals surface area contributed by atoms with Gasteiger partial charge in [-0.2, -0.15) is 13.2 Å². The Bertz CT molecular complexity index is 677. The van der Waals surface area contributed by atoms with Crippen molar-refractivity contribution < 1.29 is 26.4 Å². The number of hydrogen-bond acceptors (Lipinski definition) is 4. The molecule has 1 fully saturated rings. The number of amides is 1. The Kier molecular flexibility index (Phi) is 5.25. The molecule has 10 heteroatoms. The van der Waals surface area contributed by atoms with Crippen LogP contribution in [-0.2, 0) is 21.4 Å². The minimum Gasteiger partial charge on any atom is -0.297 e. The van der Waals surface area contributed by atoms with Crippen LogP contribution in [0, 0.1) is 0 Å². The number of alkyl halides is 3. The molecule has 23 heavy (non-hydrogen) atoms. The summed E-state index contributed by atoms with van der Waals surface area (Å²) in [5, 5.41) is 0. The summed E-state index contributed by atoms with van der Waals surface area (Å²) < 4.78 is 61.4. The molecule has 6 nitrogen and oxygen atoms in total. The molecule has 0 radical (unpaired) electrons. The molecular weight excluding hydrogens is 335 g/mol. The Balaban J connectivity index is 1.97. The van der Waals surface area contributed by atoms with E-state index >= 15 is 0 Å². The average Bonchev–Trinajstić information content (AvgIpc) is 2.89. The van der Waals surface area contributed by atoms with Gasteiger partial charge in [-0.1, -0.05) is 0 Å². The van der Waals surface area contributed by atoms with E-state index in [1.807, 2.05) is 0 Å². The minimum atomic E-state index is -4.52. The van der Waals surface area contributed by atoms with Gasteiger partial charge < -0.3 is 0 Å². The summed E-state index contributed by atoms with van der Waals surface area (Å²) in [6.07, 6.45) is -3.31. The molecule has 0 spiro atoms. The third kappa shape index (κ3) is 5.47. The summed E-state index contributed by atoms with van der Waals surface area (Å²) in [6.45, 7) is 0.393. The van der Waals surface area contributed by atoms with E-state index in [-0.39, 0.29) is 12.5 Å². The predicted molar refractivity (Wildman–Crippen MR) is 77.1 cm³/mol. The molecule has 0 saturated carbocycles. The molecule has 1 amide bonds. The highest BCUT2D eigenvalue weighted by atomic mass is 32.2. The lowest BCUT2D eigenvalue weighted by atomic mass is 10.2. The number of halogens is 3. The number of sulfonamides is 1. The van der Waals surface area contributed by atoms with Crippen molar-refractivity contribution in [3.63, 3.8) is 0 Å². The highest BCUT2D eigenvalue weighted by Gasteiger charge is 2.29. The number of carbonyl (C=O) groups excluding carboxylic acids is 1. The molecule has 1 saturated heterocycles. The zero-order valence-corrected chi connectivity index (χ0v) is 13.0. The normalized spacial score (nSPS) is 16.1. The van der Waals surface area contributed by atoms with E-state index in [2.05, 4.69) is 9.71 Å². The molecule has 128 valence electrons. The fourth-order valence-corrected chi connectivity index (χ4v) is 3.16. The molecule has 1 aliphatic heterocycles. The molecule has 1 aliphatic rings. The Morgan fingerprint density at radius 1 is 1.35 bits per heavy atom. The molecule has 0 atom stereocenters. The number of rotatable bonds is 6. The van der Waals surface area contributed by atoms with Crippen LogP contribution in [0.4, 0.5) is 19.0 Å². The van der Waals surface area contributed by atoms with Crippen LogP contribution in [0.3, 0.4) is 0 Å². The largest absolute Gasteiger partial charge is 0.390 e. The maximum absolute atomic E-state index is 12.1. The molecule has 0 aliphatic carbocycles. The van der Waals surface area contributed by atoms with Crippen molar-refractivity contribution in [3.05, 3.63) is 23.9 Å². The number of nitrogens with one attached hydrogen (secondary N) is 1. The Morgan fingerprint density at radius 2 is 2.09 bits per heavy atom. The van der Waals surface area contributed by atoms with Crippen molar-refractivity contribution in [2.24, 2.45) is 0 Å². The molecular formula is C13H16F3N3O3S. The lowest BCUT2D eigenvalue weighted by Crippen LogP contribution is -2.29. The van der Waals surface area contributed by atoms with Gasteiger partial charge in [-0.05, 0) is 24.1 Å². The number of nitrogens with zero attached hydrogens (tertiary/aromatic N) is 2. The van der Waals surface area contributed by atoms with Crippen molar-refractivity contribution in [3.8, 4) is 0 Å². The van der Waals surface area contributed by atoms with E-state index in [1.54, 1.807) is 6.07 Å². The summed E-state index contributed by atoms with van der Waals surface area (Å²) in [5.41, 5.74) is 0.519. The summed E-state index contributed by atoms with van der Waals surface area (Å²) >= 11 is 0. The van der Waals surface area contributed by atoms with E-state index in [0.717, 1.165) is 6.42 Å². The fraction of sp³-hybridized carbons (Fsp3) is 0.538. The smallest absolute Gasteiger partial charge is 0.297 e.